The number of carbonyl (C=O) groups is 1. The summed E-state index contributed by atoms with van der Waals surface area (Å²) < 4.78 is 7.37. The number of fused-ring (bicyclic) bond motifs is 1. The van der Waals surface area contributed by atoms with Crippen LogP contribution in [0.4, 0.5) is 0 Å². The summed E-state index contributed by atoms with van der Waals surface area (Å²) in [6.07, 6.45) is 4.21. The summed E-state index contributed by atoms with van der Waals surface area (Å²) in [5.41, 5.74) is 4.42. The Labute approximate surface area is 144 Å². The van der Waals surface area contributed by atoms with Crippen LogP contribution in [0.1, 0.15) is 11.1 Å². The van der Waals surface area contributed by atoms with Gasteiger partial charge in [0, 0.05) is 18.1 Å². The quantitative estimate of drug-likeness (QED) is 0.570. The van der Waals surface area contributed by atoms with Crippen LogP contribution in [-0.4, -0.2) is 25.9 Å². The van der Waals surface area contributed by atoms with Gasteiger partial charge < -0.3 is 9.30 Å². The van der Waals surface area contributed by atoms with Crippen LogP contribution in [-0.2, 0) is 22.6 Å². The fraction of sp³-hybridized carbons (Fsp3) is 0.105. The average molecular weight is 332 g/mol. The summed E-state index contributed by atoms with van der Waals surface area (Å²) >= 11 is 0. The minimum Gasteiger partial charge on any atom is -0.461 e. The molecular weight excluding hydrogens is 316 g/mol. The number of hydrogen-bond acceptors (Lipinski definition) is 4. The van der Waals surface area contributed by atoms with Crippen molar-refractivity contribution in [3.63, 3.8) is 0 Å². The van der Waals surface area contributed by atoms with Crippen molar-refractivity contribution >= 4 is 17.0 Å². The second kappa shape index (κ2) is 6.60. The number of nitrogens with zero attached hydrogens (tertiary/aromatic N) is 3. The van der Waals surface area contributed by atoms with Crippen molar-refractivity contribution in [3.8, 4) is 5.69 Å². The summed E-state index contributed by atoms with van der Waals surface area (Å²) in [5.74, 6) is -0.256. The van der Waals surface area contributed by atoms with Crippen LogP contribution < -0.4 is 0 Å². The number of aromatic nitrogens is 4. The highest BCUT2D eigenvalue weighted by Gasteiger charge is 2.07. The fourth-order valence-corrected chi connectivity index (χ4v) is 2.65. The van der Waals surface area contributed by atoms with Gasteiger partial charge in [0.25, 0.3) is 0 Å². The number of nitrogens with one attached hydrogen (secondary N) is 1. The predicted octanol–water partition coefficient (Wildman–Crippen LogP) is 3.03. The molecule has 0 bridgehead atoms. The number of aromatic amines is 1. The van der Waals surface area contributed by atoms with E-state index in [0.29, 0.717) is 0 Å². The van der Waals surface area contributed by atoms with Gasteiger partial charge in [0.1, 0.15) is 17.6 Å². The van der Waals surface area contributed by atoms with Crippen molar-refractivity contribution in [1.29, 1.82) is 0 Å². The molecule has 25 heavy (non-hydrogen) atoms. The molecule has 4 aromatic rings. The molecular formula is C19H16N4O2. The van der Waals surface area contributed by atoms with E-state index in [-0.39, 0.29) is 19.0 Å². The highest BCUT2D eigenvalue weighted by molar-refractivity contribution is 5.75. The van der Waals surface area contributed by atoms with Crippen molar-refractivity contribution in [1.82, 2.24) is 20.0 Å². The first-order chi connectivity index (χ1) is 12.3. The highest BCUT2D eigenvalue weighted by atomic mass is 16.5. The third-order valence-electron chi connectivity index (χ3n) is 3.97. The number of benzene rings is 2. The number of ether oxygens (including phenoxy) is 1. The molecule has 0 radical (unpaired) electrons. The lowest BCUT2D eigenvalue weighted by Gasteiger charge is -2.07. The number of H-pyrrole nitrogens is 1. The van der Waals surface area contributed by atoms with E-state index in [1.807, 2.05) is 71.6 Å². The van der Waals surface area contributed by atoms with Crippen LogP contribution >= 0.6 is 0 Å². The first kappa shape index (κ1) is 15.1. The maximum absolute atomic E-state index is 12.1. The van der Waals surface area contributed by atoms with Gasteiger partial charge in [0.15, 0.2) is 0 Å². The van der Waals surface area contributed by atoms with Crippen molar-refractivity contribution in [3.05, 3.63) is 78.1 Å². The molecule has 0 saturated heterocycles. The lowest BCUT2D eigenvalue weighted by Crippen LogP contribution is -2.08. The Bertz CT molecular complexity index is 988. The van der Waals surface area contributed by atoms with Gasteiger partial charge in [-0.1, -0.05) is 18.2 Å². The van der Waals surface area contributed by atoms with Gasteiger partial charge in [0.2, 0.25) is 0 Å². The van der Waals surface area contributed by atoms with E-state index in [9.17, 15) is 4.79 Å². The molecule has 124 valence electrons. The summed E-state index contributed by atoms with van der Waals surface area (Å²) in [4.78, 5) is 12.1. The summed E-state index contributed by atoms with van der Waals surface area (Å²) in [6.45, 7) is 0.225. The predicted molar refractivity (Wildman–Crippen MR) is 93.2 cm³/mol. The molecule has 0 aliphatic carbocycles. The van der Waals surface area contributed by atoms with E-state index in [1.165, 1.54) is 0 Å². The van der Waals surface area contributed by atoms with Crippen LogP contribution in [0.2, 0.25) is 0 Å². The Balaban J connectivity index is 1.35. The van der Waals surface area contributed by atoms with Crippen molar-refractivity contribution in [2.24, 2.45) is 0 Å². The molecule has 6 heteroatoms. The molecule has 0 fully saturated rings. The number of hydrogen-bond donors (Lipinski definition) is 1. The molecule has 0 spiro atoms. The SMILES string of the molecule is O=C(Cc1ccc(-n2cccc2)cc1)OCc1ccc2n[nH]nc2c1. The van der Waals surface area contributed by atoms with Gasteiger partial charge >= 0.3 is 5.97 Å². The second-order valence-electron chi connectivity index (χ2n) is 5.74. The normalized spacial score (nSPS) is 10.9. The molecule has 0 amide bonds. The molecule has 0 aliphatic heterocycles. The van der Waals surface area contributed by atoms with E-state index in [0.717, 1.165) is 27.8 Å². The van der Waals surface area contributed by atoms with E-state index in [4.69, 9.17) is 4.74 Å². The largest absolute Gasteiger partial charge is 0.461 e. The zero-order valence-corrected chi connectivity index (χ0v) is 13.4. The molecule has 0 unspecified atom stereocenters. The fourth-order valence-electron chi connectivity index (χ4n) is 2.65. The maximum atomic E-state index is 12.1. The monoisotopic (exact) mass is 332 g/mol. The van der Waals surface area contributed by atoms with Gasteiger partial charge in [-0.3, -0.25) is 4.79 Å². The molecule has 4 rings (SSSR count). The second-order valence-corrected chi connectivity index (χ2v) is 5.74. The summed E-state index contributed by atoms with van der Waals surface area (Å²) in [6, 6.07) is 17.4. The lowest BCUT2D eigenvalue weighted by molar-refractivity contribution is -0.144. The number of esters is 1. The topological polar surface area (TPSA) is 72.8 Å². The van der Waals surface area contributed by atoms with Gasteiger partial charge in [-0.2, -0.15) is 15.4 Å². The summed E-state index contributed by atoms with van der Waals surface area (Å²) in [5, 5.41) is 10.6. The Kier molecular flexibility index (Phi) is 4.00. The van der Waals surface area contributed by atoms with Crippen LogP contribution in [0.15, 0.2) is 67.0 Å². The lowest BCUT2D eigenvalue weighted by atomic mass is 10.1. The Hall–Kier alpha value is -3.41. The standard InChI is InChI=1S/C19H16N4O2/c24-19(25-13-15-5-8-17-18(11-15)21-22-20-17)12-14-3-6-16(7-4-14)23-9-1-2-10-23/h1-11H,12-13H2,(H,20,21,22). The van der Waals surface area contributed by atoms with Gasteiger partial charge in [-0.05, 0) is 47.5 Å². The van der Waals surface area contributed by atoms with Crippen LogP contribution in [0, 0.1) is 0 Å². The first-order valence-electron chi connectivity index (χ1n) is 7.95. The minimum atomic E-state index is -0.256. The van der Waals surface area contributed by atoms with Crippen molar-refractivity contribution in [2.75, 3.05) is 0 Å². The smallest absolute Gasteiger partial charge is 0.310 e. The molecule has 2 aromatic heterocycles. The molecule has 2 aromatic carbocycles. The molecule has 6 nitrogen and oxygen atoms in total. The van der Waals surface area contributed by atoms with Crippen molar-refractivity contribution < 1.29 is 9.53 Å². The van der Waals surface area contributed by atoms with Crippen LogP contribution in [0.3, 0.4) is 0 Å². The maximum Gasteiger partial charge on any atom is 0.310 e. The van der Waals surface area contributed by atoms with E-state index in [1.54, 1.807) is 0 Å². The molecule has 0 saturated carbocycles. The van der Waals surface area contributed by atoms with Gasteiger partial charge in [0.05, 0.1) is 6.42 Å². The zero-order chi connectivity index (χ0) is 17.1. The molecule has 2 heterocycles. The van der Waals surface area contributed by atoms with E-state index in [2.05, 4.69) is 15.4 Å². The minimum absolute atomic E-state index is 0.225. The number of carbonyl (C=O) groups excluding carboxylic acids is 1. The van der Waals surface area contributed by atoms with Gasteiger partial charge in [-0.25, -0.2) is 0 Å². The molecule has 0 aliphatic rings. The van der Waals surface area contributed by atoms with Gasteiger partial charge in [-0.15, -0.1) is 0 Å². The average Bonchev–Trinajstić information content (AvgIpc) is 3.32. The molecule has 1 N–H and O–H groups in total. The van der Waals surface area contributed by atoms with E-state index >= 15 is 0 Å². The summed E-state index contributed by atoms with van der Waals surface area (Å²) in [7, 11) is 0. The Morgan fingerprint density at radius 2 is 1.68 bits per heavy atom. The Morgan fingerprint density at radius 1 is 0.960 bits per heavy atom. The highest BCUT2D eigenvalue weighted by Crippen LogP contribution is 2.13. The first-order valence-corrected chi connectivity index (χ1v) is 7.95. The number of rotatable bonds is 5. The molecule has 0 atom stereocenters. The van der Waals surface area contributed by atoms with Crippen LogP contribution in [0.5, 0.6) is 0 Å². The third-order valence-corrected chi connectivity index (χ3v) is 3.97. The van der Waals surface area contributed by atoms with E-state index < -0.39 is 0 Å². The van der Waals surface area contributed by atoms with Crippen molar-refractivity contribution in [2.45, 2.75) is 13.0 Å². The zero-order valence-electron chi connectivity index (χ0n) is 13.4. The van der Waals surface area contributed by atoms with Crippen LogP contribution in [0.25, 0.3) is 16.7 Å². The third kappa shape index (κ3) is 3.42. The Morgan fingerprint density at radius 3 is 2.48 bits per heavy atom.